The van der Waals surface area contributed by atoms with Crippen molar-refractivity contribution in [2.24, 2.45) is 50.2 Å². The van der Waals surface area contributed by atoms with Crippen LogP contribution < -0.4 is 0 Å². The highest BCUT2D eigenvalue weighted by molar-refractivity contribution is 5.79. The maximum absolute atomic E-state index is 16.3. The molecule has 13 aliphatic rings. The summed E-state index contributed by atoms with van der Waals surface area (Å²) in [6.45, 7) is 14.8. The summed E-state index contributed by atoms with van der Waals surface area (Å²) in [6, 6.07) is 0. The molecule has 662 valence electrons. The summed E-state index contributed by atoms with van der Waals surface area (Å²) in [5.74, 6) is -1.84. The molecule has 5 aliphatic carbocycles. The minimum absolute atomic E-state index is 0.114. The standard InChI is InChI=1S/C76H124O39/c1-26-39(83)45(89)49(93)64(102-26)109-56-34(82)24-101-63(52(56)96)108-55-29(4)105-67(54(98)59(55)111-62-48(92)42(86)33(81)23-100-62)113-60-58(112-65-50(94)46(90)40(84)27(2)103-65)41(85)28(3)104-69(60)115-70(99)76-17-15-71(5,6)19-31(76)30-11-12-38-72(7)20-32(80)61(73(8,25-79)37(72)13-14-75(38,10)74(30,9)16-18-76)114-68-53(97)57(44(88)36(22-78)107-68)110-66-51(95)47(91)43(87)35(21-77)106-66/h11,26-29,31-69,77-98H,12-25H2,1-10H3/t26-,27-,28+,29-,31+,32-,33+,34+,35+,36+,37+,38+,39-,40-,41+,42-,43+,44+,45+,46+,47-,48+,49+,50+,51+,52+,53+,54+,55-,56-,57-,58-,59-,60+,61-,62-,63-,64-,65-,66-,67-,68-,69-,72-,73-,74+,75+,76-/m0/s1. The third-order valence-electron chi connectivity index (χ3n) is 29.0. The molecule has 0 aromatic heterocycles. The maximum Gasteiger partial charge on any atom is 0.315 e. The first kappa shape index (κ1) is 90.5. The average Bonchev–Trinajstić information content (AvgIpc) is 0.671. The minimum Gasteiger partial charge on any atom is -0.432 e. The van der Waals surface area contributed by atoms with E-state index >= 15 is 4.79 Å². The van der Waals surface area contributed by atoms with Gasteiger partial charge in [0.05, 0.1) is 75.1 Å². The lowest BCUT2D eigenvalue weighted by molar-refractivity contribution is -0.403. The van der Waals surface area contributed by atoms with E-state index in [1.54, 1.807) is 6.92 Å². The highest BCUT2D eigenvalue weighted by atomic mass is 16.8. The molecule has 4 saturated carbocycles. The molecular formula is C76H124O39. The number of aliphatic hydroxyl groups is 22. The van der Waals surface area contributed by atoms with Gasteiger partial charge in [0, 0.05) is 5.41 Å². The van der Waals surface area contributed by atoms with Gasteiger partial charge in [-0.15, -0.1) is 0 Å². The molecule has 0 aromatic rings. The van der Waals surface area contributed by atoms with Gasteiger partial charge in [0.1, 0.15) is 153 Å². The predicted molar refractivity (Wildman–Crippen MR) is 378 cm³/mol. The molecule has 0 amide bonds. The predicted octanol–water partition coefficient (Wildman–Crippen LogP) is -7.41. The number of carbonyl (C=O) groups excluding carboxylic acids is 1. The Morgan fingerprint density at radius 1 is 0.400 bits per heavy atom. The Bertz CT molecular complexity index is 3310. The van der Waals surface area contributed by atoms with Crippen LogP contribution in [-0.2, 0) is 80.6 Å². The van der Waals surface area contributed by atoms with Crippen molar-refractivity contribution in [3.63, 3.8) is 0 Å². The van der Waals surface area contributed by atoms with Crippen LogP contribution in [-0.4, -0.2) is 397 Å². The zero-order chi connectivity index (χ0) is 83.9. The average molecular weight is 1660 g/mol. The summed E-state index contributed by atoms with van der Waals surface area (Å²) in [5.41, 5.74) is -3.91. The Kier molecular flexibility index (Phi) is 27.0. The fraction of sp³-hybridized carbons (Fsp3) is 0.961. The van der Waals surface area contributed by atoms with Gasteiger partial charge >= 0.3 is 5.97 Å². The molecule has 39 heteroatoms. The van der Waals surface area contributed by atoms with Crippen LogP contribution in [0.15, 0.2) is 11.6 Å². The van der Waals surface area contributed by atoms with Gasteiger partial charge in [-0.1, -0.05) is 53.2 Å². The number of carbonyl (C=O) groups is 1. The summed E-state index contributed by atoms with van der Waals surface area (Å²) < 4.78 is 98.2. The quantitative estimate of drug-likeness (QED) is 0.0324. The summed E-state index contributed by atoms with van der Waals surface area (Å²) in [4.78, 5) is 16.3. The molecule has 8 aliphatic heterocycles. The van der Waals surface area contributed by atoms with Gasteiger partial charge in [0.15, 0.2) is 50.1 Å². The minimum atomic E-state index is -2.20. The van der Waals surface area contributed by atoms with Crippen molar-refractivity contribution >= 4 is 5.97 Å². The van der Waals surface area contributed by atoms with Crippen LogP contribution in [0.3, 0.4) is 0 Å². The number of fused-ring (bicyclic) bond motifs is 7. The molecule has 0 bridgehead atoms. The van der Waals surface area contributed by atoms with Gasteiger partial charge in [-0.05, 0) is 125 Å². The van der Waals surface area contributed by atoms with Crippen LogP contribution in [0.1, 0.15) is 127 Å². The molecule has 0 spiro atoms. The van der Waals surface area contributed by atoms with E-state index < -0.39 is 318 Å². The largest absolute Gasteiger partial charge is 0.432 e. The summed E-state index contributed by atoms with van der Waals surface area (Å²) in [5, 5.41) is 246. The molecule has 22 N–H and O–H groups in total. The van der Waals surface area contributed by atoms with Gasteiger partial charge in [0.2, 0.25) is 6.29 Å². The zero-order valence-electron chi connectivity index (χ0n) is 66.1. The highest BCUT2D eigenvalue weighted by Crippen LogP contribution is 2.76. The molecule has 115 heavy (non-hydrogen) atoms. The molecule has 12 fully saturated rings. The first-order chi connectivity index (χ1) is 54.0. The summed E-state index contributed by atoms with van der Waals surface area (Å²) in [7, 11) is 0. The van der Waals surface area contributed by atoms with Crippen molar-refractivity contribution in [2.45, 2.75) is 373 Å². The van der Waals surface area contributed by atoms with Crippen LogP contribution in [0.2, 0.25) is 0 Å². The molecular weight excluding hydrogens is 1540 g/mol. The van der Waals surface area contributed by atoms with Crippen molar-refractivity contribution in [1.82, 2.24) is 0 Å². The maximum atomic E-state index is 16.3. The molecule has 0 radical (unpaired) electrons. The van der Waals surface area contributed by atoms with Crippen molar-refractivity contribution in [2.75, 3.05) is 33.0 Å². The van der Waals surface area contributed by atoms with E-state index in [0.717, 1.165) is 5.57 Å². The van der Waals surface area contributed by atoms with Crippen LogP contribution in [0.5, 0.6) is 0 Å². The Hall–Kier alpha value is -2.27. The lowest BCUT2D eigenvalue weighted by atomic mass is 9.33. The van der Waals surface area contributed by atoms with Crippen LogP contribution in [0.25, 0.3) is 0 Å². The first-order valence-electron chi connectivity index (χ1n) is 40.4. The van der Waals surface area contributed by atoms with Crippen molar-refractivity contribution in [1.29, 1.82) is 0 Å². The second kappa shape index (κ2) is 34.3. The van der Waals surface area contributed by atoms with E-state index in [4.69, 9.17) is 75.8 Å². The fourth-order valence-electron chi connectivity index (χ4n) is 21.8. The Labute approximate surface area is 664 Å². The number of aliphatic hydroxyl groups excluding tert-OH is 22. The second-order valence-corrected chi connectivity index (χ2v) is 36.6. The highest BCUT2D eigenvalue weighted by Gasteiger charge is 2.73. The summed E-state index contributed by atoms with van der Waals surface area (Å²) in [6.07, 6.45) is -63.5. The number of allylic oxidation sites excluding steroid dienone is 2. The topological polar surface area (TPSA) is 610 Å². The third-order valence-corrected chi connectivity index (χ3v) is 29.0. The van der Waals surface area contributed by atoms with E-state index in [1.165, 1.54) is 27.7 Å². The molecule has 39 nitrogen and oxygen atoms in total. The second-order valence-electron chi connectivity index (χ2n) is 36.6. The SMILES string of the molecule is C[C@@H]1O[C@@H](O[C@@H]2[C@@H](O)[C@H](O[C@@H]3[C@@H](O[C@@H]4OC[C@@H](O)[C@H](O)[C@H]4O)[C@@H](O)[C@H](O[C@H]4[C@H](OC(=O)[C@]56CCC(C)(C)C[C@@H]5C5=CC[C@@H]7[C@@]8(C)C[C@H](O)[C@H](O[C@@H]9O[C@H](CO)[C@@H](O)[C@H](O[C@@H]%10O[C@H](CO)[C@@H](O)[C@H](O)[C@H]%10O)[C@H]9O)[C@@](C)(CO)[C@@H]8CC[C@@]7(C)[C@]5(C)CC6)O[C@H](C)[C@@H](O)[C@@H]4O[C@@H]4O[C@@H](C)[C@H](O)[C@@H](O)[C@H]4O)O[C@H]3C)OC[C@H]2O)[C@H](O)[C@H](O)[C@H]1O. The Morgan fingerprint density at radius 2 is 0.852 bits per heavy atom. The third kappa shape index (κ3) is 15.9. The van der Waals surface area contributed by atoms with Crippen molar-refractivity contribution in [3.8, 4) is 0 Å². The molecule has 8 saturated heterocycles. The van der Waals surface area contributed by atoms with Gasteiger partial charge < -0.3 is 188 Å². The number of hydrogen-bond acceptors (Lipinski definition) is 39. The zero-order valence-corrected chi connectivity index (χ0v) is 66.1. The summed E-state index contributed by atoms with van der Waals surface area (Å²) >= 11 is 0. The monoisotopic (exact) mass is 1660 g/mol. The van der Waals surface area contributed by atoms with Gasteiger partial charge in [0.25, 0.3) is 0 Å². The van der Waals surface area contributed by atoms with Crippen molar-refractivity contribution < 1.29 is 193 Å². The first-order valence-corrected chi connectivity index (χ1v) is 40.4. The van der Waals surface area contributed by atoms with Crippen LogP contribution in [0, 0.1) is 50.2 Å². The van der Waals surface area contributed by atoms with E-state index in [-0.39, 0.29) is 30.1 Å². The Balaban J connectivity index is 0.783. The molecule has 8 heterocycles. The van der Waals surface area contributed by atoms with Gasteiger partial charge in [-0.2, -0.15) is 0 Å². The van der Waals surface area contributed by atoms with E-state index in [1.807, 2.05) is 0 Å². The lowest BCUT2D eigenvalue weighted by Crippen LogP contribution is -2.70. The normalized spacial score (nSPS) is 56.1. The molecule has 0 unspecified atom stereocenters. The molecule has 0 aromatic carbocycles. The van der Waals surface area contributed by atoms with E-state index in [2.05, 4.69) is 40.7 Å². The van der Waals surface area contributed by atoms with E-state index in [0.29, 0.717) is 44.9 Å². The van der Waals surface area contributed by atoms with E-state index in [9.17, 15) is 112 Å². The van der Waals surface area contributed by atoms with Crippen LogP contribution in [0.4, 0.5) is 0 Å². The van der Waals surface area contributed by atoms with Gasteiger partial charge in [-0.25, -0.2) is 0 Å². The van der Waals surface area contributed by atoms with Gasteiger partial charge in [-0.3, -0.25) is 4.79 Å². The lowest BCUT2D eigenvalue weighted by Gasteiger charge is -2.72. The molecule has 48 atom stereocenters. The van der Waals surface area contributed by atoms with Crippen LogP contribution >= 0.6 is 0 Å². The number of rotatable bonds is 19. The number of hydrogen-bond donors (Lipinski definition) is 22. The van der Waals surface area contributed by atoms with Crippen molar-refractivity contribution in [3.05, 3.63) is 11.6 Å². The number of esters is 1. The molecule has 13 rings (SSSR count). The smallest absolute Gasteiger partial charge is 0.315 e. The fourth-order valence-corrected chi connectivity index (χ4v) is 21.8. The number of ether oxygens (including phenoxy) is 16. The Morgan fingerprint density at radius 3 is 1.46 bits per heavy atom.